The number of halogens is 1. The van der Waals surface area contributed by atoms with Crippen molar-refractivity contribution in [2.75, 3.05) is 12.4 Å². The second-order valence-corrected chi connectivity index (χ2v) is 4.99. The summed E-state index contributed by atoms with van der Waals surface area (Å²) >= 11 is 1.18. The Morgan fingerprint density at radius 1 is 1.30 bits per heavy atom. The number of anilines is 1. The molecule has 4 nitrogen and oxygen atoms in total. The Bertz CT molecular complexity index is 666. The zero-order valence-corrected chi connectivity index (χ0v) is 11.7. The van der Waals surface area contributed by atoms with Crippen LogP contribution in [0.25, 0.3) is 0 Å². The Hall–Kier alpha value is -2.21. The molecule has 0 atom stereocenters. The van der Waals surface area contributed by atoms with Gasteiger partial charge in [0.25, 0.3) is 5.91 Å². The first-order valence-electron chi connectivity index (χ1n) is 5.76. The Morgan fingerprint density at radius 3 is 2.70 bits per heavy atom. The summed E-state index contributed by atoms with van der Waals surface area (Å²) in [6.45, 7) is 1.58. The zero-order valence-electron chi connectivity index (χ0n) is 10.9. The predicted octanol–water partition coefficient (Wildman–Crippen LogP) is 3.23. The van der Waals surface area contributed by atoms with E-state index in [0.29, 0.717) is 21.7 Å². The second-order valence-electron chi connectivity index (χ2n) is 4.07. The van der Waals surface area contributed by atoms with Gasteiger partial charge in [0.2, 0.25) is 0 Å². The van der Waals surface area contributed by atoms with E-state index in [1.807, 2.05) is 0 Å². The number of nitrogens with one attached hydrogen (secondary N) is 1. The summed E-state index contributed by atoms with van der Waals surface area (Å²) in [7, 11) is 1.27. The van der Waals surface area contributed by atoms with Gasteiger partial charge in [-0.1, -0.05) is 0 Å². The Balaban J connectivity index is 2.22. The number of aryl methyl sites for hydroxylation is 1. The van der Waals surface area contributed by atoms with Crippen LogP contribution in [0.5, 0.6) is 0 Å². The van der Waals surface area contributed by atoms with E-state index in [2.05, 4.69) is 10.1 Å². The van der Waals surface area contributed by atoms with Crippen molar-refractivity contribution in [3.8, 4) is 0 Å². The molecule has 0 unspecified atom stereocenters. The summed E-state index contributed by atoms with van der Waals surface area (Å²) < 4.78 is 17.8. The monoisotopic (exact) mass is 293 g/mol. The second kappa shape index (κ2) is 5.83. The lowest BCUT2D eigenvalue weighted by atomic mass is 10.1. The minimum Gasteiger partial charge on any atom is -0.465 e. The lowest BCUT2D eigenvalue weighted by Crippen LogP contribution is -2.14. The molecule has 0 bridgehead atoms. The lowest BCUT2D eigenvalue weighted by molar-refractivity contribution is 0.0607. The number of benzene rings is 1. The average Bonchev–Trinajstić information content (AvgIpc) is 2.89. The molecule has 1 aromatic carbocycles. The van der Waals surface area contributed by atoms with Crippen LogP contribution in [0, 0.1) is 12.7 Å². The van der Waals surface area contributed by atoms with Crippen molar-refractivity contribution in [3.05, 3.63) is 51.5 Å². The van der Waals surface area contributed by atoms with Crippen LogP contribution >= 0.6 is 11.3 Å². The number of carbonyl (C=O) groups is 2. The van der Waals surface area contributed by atoms with Crippen LogP contribution in [0.3, 0.4) is 0 Å². The number of rotatable bonds is 3. The van der Waals surface area contributed by atoms with E-state index in [9.17, 15) is 14.0 Å². The van der Waals surface area contributed by atoms with Crippen LogP contribution in [-0.2, 0) is 4.74 Å². The summed E-state index contributed by atoms with van der Waals surface area (Å²) in [6, 6.07) is 5.70. The molecule has 104 valence electrons. The van der Waals surface area contributed by atoms with Crippen molar-refractivity contribution in [2.45, 2.75) is 6.92 Å². The van der Waals surface area contributed by atoms with Gasteiger partial charge in [-0.2, -0.15) is 0 Å². The van der Waals surface area contributed by atoms with Crippen molar-refractivity contribution in [1.82, 2.24) is 0 Å². The van der Waals surface area contributed by atoms with Gasteiger partial charge in [0.15, 0.2) is 0 Å². The zero-order chi connectivity index (χ0) is 14.7. The van der Waals surface area contributed by atoms with E-state index in [1.54, 1.807) is 18.4 Å². The molecule has 1 amide bonds. The highest BCUT2D eigenvalue weighted by Crippen LogP contribution is 2.24. The van der Waals surface area contributed by atoms with E-state index >= 15 is 0 Å². The molecular weight excluding hydrogens is 281 g/mol. The molecule has 0 fully saturated rings. The number of hydrogen-bond acceptors (Lipinski definition) is 4. The first kappa shape index (κ1) is 14.2. The average molecular weight is 293 g/mol. The maximum absolute atomic E-state index is 13.2. The fraction of sp³-hybridized carbons (Fsp3) is 0.143. The number of amides is 1. The molecule has 0 aliphatic heterocycles. The van der Waals surface area contributed by atoms with Crippen LogP contribution < -0.4 is 5.32 Å². The van der Waals surface area contributed by atoms with Crippen LogP contribution in [0.1, 0.15) is 25.6 Å². The van der Waals surface area contributed by atoms with Crippen molar-refractivity contribution >= 4 is 28.9 Å². The molecule has 1 N–H and O–H groups in total. The summed E-state index contributed by atoms with van der Waals surface area (Å²) in [6.07, 6.45) is 0. The smallest absolute Gasteiger partial charge is 0.350 e. The van der Waals surface area contributed by atoms with Gasteiger partial charge in [-0.25, -0.2) is 9.18 Å². The summed E-state index contributed by atoms with van der Waals surface area (Å²) in [5.41, 5.74) is 1.09. The van der Waals surface area contributed by atoms with Gasteiger partial charge in [-0.05, 0) is 42.1 Å². The number of methoxy groups -OCH3 is 1. The maximum Gasteiger partial charge on any atom is 0.350 e. The number of ether oxygens (including phenoxy) is 1. The third kappa shape index (κ3) is 2.85. The van der Waals surface area contributed by atoms with Crippen LogP contribution in [0.4, 0.5) is 10.1 Å². The maximum atomic E-state index is 13.2. The van der Waals surface area contributed by atoms with Crippen molar-refractivity contribution < 1.29 is 18.7 Å². The fourth-order valence-electron chi connectivity index (χ4n) is 1.64. The molecule has 1 aromatic heterocycles. The quantitative estimate of drug-likeness (QED) is 0.884. The standard InChI is InChI=1S/C14H12FNO3S/c1-8-7-9(3-4-10(8)15)13(17)16-11-5-6-20-12(11)14(18)19-2/h3-7H,1-2H3,(H,16,17). The molecule has 0 radical (unpaired) electrons. The summed E-state index contributed by atoms with van der Waals surface area (Å²) in [5, 5.41) is 4.30. The summed E-state index contributed by atoms with van der Waals surface area (Å²) in [5.74, 6) is -1.28. The first-order chi connectivity index (χ1) is 9.52. The van der Waals surface area contributed by atoms with Gasteiger partial charge in [-0.3, -0.25) is 4.79 Å². The largest absolute Gasteiger partial charge is 0.465 e. The molecular formula is C14H12FNO3S. The molecule has 2 rings (SSSR count). The molecule has 0 aliphatic carbocycles. The van der Waals surface area contributed by atoms with E-state index in [0.717, 1.165) is 0 Å². The molecule has 20 heavy (non-hydrogen) atoms. The highest BCUT2D eigenvalue weighted by atomic mass is 32.1. The third-order valence-corrected chi connectivity index (χ3v) is 3.60. The molecule has 0 saturated carbocycles. The van der Waals surface area contributed by atoms with Crippen molar-refractivity contribution in [3.63, 3.8) is 0 Å². The van der Waals surface area contributed by atoms with Gasteiger partial charge in [0.05, 0.1) is 12.8 Å². The van der Waals surface area contributed by atoms with E-state index in [4.69, 9.17) is 0 Å². The van der Waals surface area contributed by atoms with Crippen molar-refractivity contribution in [2.24, 2.45) is 0 Å². The number of thiophene rings is 1. The fourth-order valence-corrected chi connectivity index (χ4v) is 2.40. The van der Waals surface area contributed by atoms with Gasteiger partial charge in [0.1, 0.15) is 10.7 Å². The molecule has 6 heteroatoms. The van der Waals surface area contributed by atoms with E-state index in [1.165, 1.54) is 36.6 Å². The van der Waals surface area contributed by atoms with Gasteiger partial charge in [-0.15, -0.1) is 11.3 Å². The SMILES string of the molecule is COC(=O)c1sccc1NC(=O)c1ccc(F)c(C)c1. The molecule has 0 aliphatic rings. The highest BCUT2D eigenvalue weighted by molar-refractivity contribution is 7.12. The molecule has 1 heterocycles. The van der Waals surface area contributed by atoms with Crippen LogP contribution in [0.2, 0.25) is 0 Å². The Labute approximate surface area is 119 Å². The lowest BCUT2D eigenvalue weighted by Gasteiger charge is -2.06. The molecule has 0 saturated heterocycles. The molecule has 2 aromatic rings. The van der Waals surface area contributed by atoms with E-state index < -0.39 is 11.9 Å². The first-order valence-corrected chi connectivity index (χ1v) is 6.64. The Morgan fingerprint density at radius 2 is 2.05 bits per heavy atom. The van der Waals surface area contributed by atoms with Crippen LogP contribution in [-0.4, -0.2) is 19.0 Å². The minimum absolute atomic E-state index is 0.319. The number of hydrogen-bond donors (Lipinski definition) is 1. The van der Waals surface area contributed by atoms with Gasteiger partial charge < -0.3 is 10.1 Å². The molecule has 0 spiro atoms. The van der Waals surface area contributed by atoms with Crippen molar-refractivity contribution in [1.29, 1.82) is 0 Å². The summed E-state index contributed by atoms with van der Waals surface area (Å²) in [4.78, 5) is 23.9. The highest BCUT2D eigenvalue weighted by Gasteiger charge is 2.16. The van der Waals surface area contributed by atoms with Gasteiger partial charge in [0, 0.05) is 5.56 Å². The normalized spacial score (nSPS) is 10.2. The number of carbonyl (C=O) groups excluding carboxylic acids is 2. The topological polar surface area (TPSA) is 55.4 Å². The predicted molar refractivity (Wildman–Crippen MR) is 74.7 cm³/mol. The number of esters is 1. The van der Waals surface area contributed by atoms with Gasteiger partial charge >= 0.3 is 5.97 Å². The third-order valence-electron chi connectivity index (χ3n) is 2.70. The Kier molecular flexibility index (Phi) is 4.14. The van der Waals surface area contributed by atoms with E-state index in [-0.39, 0.29) is 5.82 Å². The van der Waals surface area contributed by atoms with Crippen LogP contribution in [0.15, 0.2) is 29.6 Å². The minimum atomic E-state index is -0.509.